The molecule has 0 saturated carbocycles. The number of aliphatic carboxylic acids is 1. The summed E-state index contributed by atoms with van der Waals surface area (Å²) >= 11 is 1.25. The second-order valence-electron chi connectivity index (χ2n) is 3.15. The zero-order valence-corrected chi connectivity index (χ0v) is 9.37. The van der Waals surface area contributed by atoms with Crippen molar-refractivity contribution < 1.29 is 14.7 Å². The van der Waals surface area contributed by atoms with E-state index in [2.05, 4.69) is 0 Å². The van der Waals surface area contributed by atoms with Crippen LogP contribution < -0.4 is 5.73 Å². The molecule has 0 spiro atoms. The fraction of sp³-hybridized carbons (Fsp3) is 0.750. The molecule has 0 aromatic rings. The third-order valence-corrected chi connectivity index (χ3v) is 2.88. The Morgan fingerprint density at radius 1 is 1.50 bits per heavy atom. The number of thioether (sulfide) groups is 1. The van der Waals surface area contributed by atoms with Crippen molar-refractivity contribution in [3.63, 3.8) is 0 Å². The lowest BCUT2D eigenvalue weighted by molar-refractivity contribution is -0.138. The van der Waals surface area contributed by atoms with E-state index in [-0.39, 0.29) is 16.9 Å². The number of carboxylic acids is 1. The third kappa shape index (κ3) is 4.48. The number of rotatable bonds is 5. The highest BCUT2D eigenvalue weighted by Gasteiger charge is 2.18. The van der Waals surface area contributed by atoms with Gasteiger partial charge in [0.1, 0.15) is 6.04 Å². The zero-order valence-electron chi connectivity index (χ0n) is 8.56. The maximum Gasteiger partial charge on any atom is 0.321 e. The predicted octanol–water partition coefficient (Wildman–Crippen LogP) is -0.392. The quantitative estimate of drug-likeness (QED) is 0.659. The molecule has 3 N–H and O–H groups in total. The lowest BCUT2D eigenvalue weighted by atomic mass is 10.4. The van der Waals surface area contributed by atoms with Crippen molar-refractivity contribution in [1.82, 2.24) is 4.90 Å². The topological polar surface area (TPSA) is 83.6 Å². The van der Waals surface area contributed by atoms with Crippen molar-refractivity contribution in [2.45, 2.75) is 18.2 Å². The Kier molecular flexibility index (Phi) is 5.56. The number of carboxylic acid groups (broad SMARTS) is 1. The molecule has 14 heavy (non-hydrogen) atoms. The van der Waals surface area contributed by atoms with E-state index in [0.717, 1.165) is 0 Å². The number of hydrogen-bond acceptors (Lipinski definition) is 4. The first kappa shape index (κ1) is 13.2. The van der Waals surface area contributed by atoms with Gasteiger partial charge in [-0.25, -0.2) is 0 Å². The van der Waals surface area contributed by atoms with Crippen molar-refractivity contribution in [3.05, 3.63) is 0 Å². The first-order chi connectivity index (χ1) is 6.36. The van der Waals surface area contributed by atoms with Gasteiger partial charge in [-0.05, 0) is 6.92 Å². The molecule has 0 aromatic carbocycles. The molecule has 0 aliphatic carbocycles. The van der Waals surface area contributed by atoms with Gasteiger partial charge in [0.2, 0.25) is 5.91 Å². The maximum absolute atomic E-state index is 11.3. The summed E-state index contributed by atoms with van der Waals surface area (Å²) in [7, 11) is 3.33. The van der Waals surface area contributed by atoms with E-state index < -0.39 is 12.0 Å². The maximum atomic E-state index is 11.3. The lowest BCUT2D eigenvalue weighted by Crippen LogP contribution is -2.35. The Labute approximate surface area is 87.6 Å². The minimum absolute atomic E-state index is 0.0346. The first-order valence-electron chi connectivity index (χ1n) is 4.17. The molecule has 0 heterocycles. The molecule has 0 aromatic heterocycles. The van der Waals surface area contributed by atoms with Gasteiger partial charge >= 0.3 is 5.97 Å². The molecule has 0 aliphatic heterocycles. The standard InChI is InChI=1S/C8H16N2O3S/c1-5(7(11)10(2)3)14-4-6(9)8(12)13/h5-6H,4,9H2,1-3H3,(H,12,13)/t5?,6-/m1/s1. The largest absolute Gasteiger partial charge is 0.480 e. The predicted molar refractivity (Wildman–Crippen MR) is 56.2 cm³/mol. The number of amides is 1. The van der Waals surface area contributed by atoms with Crippen molar-refractivity contribution in [2.24, 2.45) is 5.73 Å². The van der Waals surface area contributed by atoms with Crippen LogP contribution in [-0.2, 0) is 9.59 Å². The van der Waals surface area contributed by atoms with Crippen LogP contribution in [0.4, 0.5) is 0 Å². The summed E-state index contributed by atoms with van der Waals surface area (Å²) < 4.78 is 0. The molecule has 0 saturated heterocycles. The minimum atomic E-state index is -1.04. The molecule has 0 fully saturated rings. The molecule has 6 heteroatoms. The van der Waals surface area contributed by atoms with E-state index in [1.165, 1.54) is 16.7 Å². The van der Waals surface area contributed by atoms with E-state index in [1.54, 1.807) is 21.0 Å². The summed E-state index contributed by atoms with van der Waals surface area (Å²) in [6, 6.07) is -0.905. The van der Waals surface area contributed by atoms with Crippen LogP contribution in [0, 0.1) is 0 Å². The average Bonchev–Trinajstić information content (AvgIpc) is 2.11. The highest BCUT2D eigenvalue weighted by molar-refractivity contribution is 8.00. The van der Waals surface area contributed by atoms with Crippen LogP contribution in [0.1, 0.15) is 6.92 Å². The van der Waals surface area contributed by atoms with Crippen molar-refractivity contribution in [3.8, 4) is 0 Å². The molecule has 0 rings (SSSR count). The van der Waals surface area contributed by atoms with Gasteiger partial charge in [-0.3, -0.25) is 9.59 Å². The Bertz CT molecular complexity index is 221. The lowest BCUT2D eigenvalue weighted by Gasteiger charge is -2.17. The molecule has 0 radical (unpaired) electrons. The van der Waals surface area contributed by atoms with Gasteiger partial charge in [-0.2, -0.15) is 0 Å². The van der Waals surface area contributed by atoms with Crippen LogP contribution >= 0.6 is 11.8 Å². The second kappa shape index (κ2) is 5.87. The summed E-state index contributed by atoms with van der Waals surface area (Å²) in [4.78, 5) is 23.2. The smallest absolute Gasteiger partial charge is 0.321 e. The summed E-state index contributed by atoms with van der Waals surface area (Å²) in [5.41, 5.74) is 5.30. The van der Waals surface area contributed by atoms with Gasteiger partial charge in [-0.15, -0.1) is 11.8 Å². The molecule has 2 atom stereocenters. The third-order valence-electron chi connectivity index (χ3n) is 1.63. The van der Waals surface area contributed by atoms with Crippen molar-refractivity contribution in [2.75, 3.05) is 19.8 Å². The molecular weight excluding hydrogens is 204 g/mol. The highest BCUT2D eigenvalue weighted by atomic mass is 32.2. The van der Waals surface area contributed by atoms with E-state index in [1.807, 2.05) is 0 Å². The van der Waals surface area contributed by atoms with Crippen molar-refractivity contribution >= 4 is 23.6 Å². The summed E-state index contributed by atoms with van der Waals surface area (Å²) in [5.74, 6) is -0.828. The Balaban J connectivity index is 3.90. The van der Waals surface area contributed by atoms with Gasteiger partial charge in [-0.1, -0.05) is 0 Å². The molecule has 5 nitrogen and oxygen atoms in total. The highest BCUT2D eigenvalue weighted by Crippen LogP contribution is 2.12. The molecule has 0 bridgehead atoms. The Morgan fingerprint density at radius 3 is 2.36 bits per heavy atom. The Morgan fingerprint density at radius 2 is 2.00 bits per heavy atom. The first-order valence-corrected chi connectivity index (χ1v) is 5.22. The molecule has 82 valence electrons. The van der Waals surface area contributed by atoms with Crippen molar-refractivity contribution in [1.29, 1.82) is 0 Å². The molecule has 1 amide bonds. The van der Waals surface area contributed by atoms with E-state index in [9.17, 15) is 9.59 Å². The van der Waals surface area contributed by atoms with E-state index in [0.29, 0.717) is 0 Å². The normalized spacial score (nSPS) is 14.6. The number of carbonyl (C=O) groups is 2. The molecule has 1 unspecified atom stereocenters. The molecule has 0 aliphatic rings. The monoisotopic (exact) mass is 220 g/mol. The van der Waals surface area contributed by atoms with Crippen LogP contribution in [-0.4, -0.2) is 53.0 Å². The zero-order chi connectivity index (χ0) is 11.3. The fourth-order valence-corrected chi connectivity index (χ4v) is 1.75. The summed E-state index contributed by atoms with van der Waals surface area (Å²) in [6.07, 6.45) is 0. The van der Waals surface area contributed by atoms with Crippen LogP contribution in [0.3, 0.4) is 0 Å². The van der Waals surface area contributed by atoms with Gasteiger partial charge in [0.25, 0.3) is 0 Å². The van der Waals surface area contributed by atoms with Gasteiger partial charge < -0.3 is 15.7 Å². The van der Waals surface area contributed by atoms with Gasteiger partial charge in [0.05, 0.1) is 5.25 Å². The van der Waals surface area contributed by atoms with E-state index in [4.69, 9.17) is 10.8 Å². The van der Waals surface area contributed by atoms with Crippen LogP contribution in [0.5, 0.6) is 0 Å². The number of hydrogen-bond donors (Lipinski definition) is 2. The van der Waals surface area contributed by atoms with Gasteiger partial charge in [0.15, 0.2) is 0 Å². The number of nitrogens with zero attached hydrogens (tertiary/aromatic N) is 1. The van der Waals surface area contributed by atoms with Crippen LogP contribution in [0.25, 0.3) is 0 Å². The minimum Gasteiger partial charge on any atom is -0.480 e. The van der Waals surface area contributed by atoms with Gasteiger partial charge in [0, 0.05) is 19.8 Å². The number of nitrogens with two attached hydrogens (primary N) is 1. The second-order valence-corrected chi connectivity index (χ2v) is 4.53. The van der Waals surface area contributed by atoms with E-state index >= 15 is 0 Å². The summed E-state index contributed by atoms with van der Waals surface area (Å²) in [5, 5.41) is 8.25. The van der Waals surface area contributed by atoms with Crippen LogP contribution in [0.15, 0.2) is 0 Å². The average molecular weight is 220 g/mol. The number of carbonyl (C=O) groups excluding carboxylic acids is 1. The summed E-state index contributed by atoms with van der Waals surface area (Å²) in [6.45, 7) is 1.74. The Hall–Kier alpha value is -0.750. The van der Waals surface area contributed by atoms with Crippen LogP contribution in [0.2, 0.25) is 0 Å². The fourth-order valence-electron chi connectivity index (χ4n) is 0.754. The molecular formula is C8H16N2O3S. The SMILES string of the molecule is CC(SC[C@@H](N)C(=O)O)C(=O)N(C)C.